The molecule has 0 bridgehead atoms. The zero-order valence-electron chi connectivity index (χ0n) is 15.1. The lowest BCUT2D eigenvalue weighted by Gasteiger charge is -2.21. The number of carboxylic acids is 1. The molecule has 2 aromatic rings. The fourth-order valence-corrected chi connectivity index (χ4v) is 3.21. The summed E-state index contributed by atoms with van der Waals surface area (Å²) in [5.74, 6) is -0.566. The summed E-state index contributed by atoms with van der Waals surface area (Å²) in [6.45, 7) is -0.378. The molecule has 0 unspecified atom stereocenters. The number of methoxy groups -OCH3 is 2. The number of benzene rings is 1. The van der Waals surface area contributed by atoms with Crippen molar-refractivity contribution in [1.82, 2.24) is 4.90 Å². The van der Waals surface area contributed by atoms with Gasteiger partial charge in [-0.3, -0.25) is 14.4 Å². The Morgan fingerprint density at radius 1 is 1.07 bits per heavy atom. The van der Waals surface area contributed by atoms with Gasteiger partial charge < -0.3 is 19.5 Å². The van der Waals surface area contributed by atoms with Crippen molar-refractivity contribution in [2.24, 2.45) is 0 Å². The molecule has 7 nitrogen and oxygen atoms in total. The predicted molar refractivity (Wildman–Crippen MR) is 100 cm³/mol. The Labute approximate surface area is 161 Å². The van der Waals surface area contributed by atoms with Gasteiger partial charge in [0.25, 0.3) is 0 Å². The van der Waals surface area contributed by atoms with Crippen molar-refractivity contribution in [1.29, 1.82) is 0 Å². The Kier molecular flexibility index (Phi) is 7.36. The van der Waals surface area contributed by atoms with E-state index < -0.39 is 18.4 Å². The molecule has 0 atom stereocenters. The van der Waals surface area contributed by atoms with Gasteiger partial charge in [0.2, 0.25) is 5.91 Å². The average Bonchev–Trinajstić information content (AvgIpc) is 3.19. The minimum absolute atomic E-state index is 0.0386. The molecule has 0 saturated heterocycles. The van der Waals surface area contributed by atoms with Crippen LogP contribution in [-0.2, 0) is 16.1 Å². The summed E-state index contributed by atoms with van der Waals surface area (Å²) in [6, 6.07) is 8.58. The number of amides is 1. The van der Waals surface area contributed by atoms with Crippen molar-refractivity contribution in [2.45, 2.75) is 19.4 Å². The highest BCUT2D eigenvalue weighted by atomic mass is 32.1. The van der Waals surface area contributed by atoms with Crippen LogP contribution in [0.15, 0.2) is 35.7 Å². The number of ketones is 1. The summed E-state index contributed by atoms with van der Waals surface area (Å²) in [4.78, 5) is 37.5. The van der Waals surface area contributed by atoms with Crippen molar-refractivity contribution < 1.29 is 29.0 Å². The van der Waals surface area contributed by atoms with Crippen molar-refractivity contribution in [3.8, 4) is 11.5 Å². The van der Waals surface area contributed by atoms with E-state index in [2.05, 4.69) is 0 Å². The minimum Gasteiger partial charge on any atom is -0.497 e. The van der Waals surface area contributed by atoms with Gasteiger partial charge in [0.15, 0.2) is 5.78 Å². The second-order valence-corrected chi connectivity index (χ2v) is 6.71. The summed E-state index contributed by atoms with van der Waals surface area (Å²) in [7, 11) is 3.02. The molecule has 1 aromatic carbocycles. The Bertz CT molecular complexity index is 780. The Morgan fingerprint density at radius 3 is 2.26 bits per heavy atom. The van der Waals surface area contributed by atoms with Gasteiger partial charge in [-0.05, 0) is 29.1 Å². The first-order valence-electron chi connectivity index (χ1n) is 8.21. The number of carbonyl (C=O) groups is 3. The van der Waals surface area contributed by atoms with Crippen LogP contribution in [0.1, 0.15) is 28.1 Å². The fraction of sp³-hybridized carbons (Fsp3) is 0.316. The van der Waals surface area contributed by atoms with Gasteiger partial charge in [0, 0.05) is 25.5 Å². The van der Waals surface area contributed by atoms with E-state index in [0.29, 0.717) is 21.9 Å². The number of Topliss-reactive ketones (excluding diaryl/α,β-unsaturated/α-hetero) is 1. The first-order valence-corrected chi connectivity index (χ1v) is 9.09. The number of carbonyl (C=O) groups excluding carboxylic acids is 2. The minimum atomic E-state index is -1.12. The molecule has 27 heavy (non-hydrogen) atoms. The zero-order valence-corrected chi connectivity index (χ0v) is 16.0. The molecule has 0 spiro atoms. The molecule has 1 aromatic heterocycles. The molecular weight excluding hydrogens is 370 g/mol. The summed E-state index contributed by atoms with van der Waals surface area (Å²) in [6.07, 6.45) is -0.0119. The monoisotopic (exact) mass is 391 g/mol. The maximum atomic E-state index is 12.5. The summed E-state index contributed by atoms with van der Waals surface area (Å²) in [5.41, 5.74) is 0.672. The van der Waals surface area contributed by atoms with E-state index >= 15 is 0 Å². The number of hydrogen-bond acceptors (Lipinski definition) is 6. The Hall–Kier alpha value is -2.87. The van der Waals surface area contributed by atoms with E-state index in [9.17, 15) is 14.4 Å². The molecule has 2 rings (SSSR count). The van der Waals surface area contributed by atoms with Crippen LogP contribution in [0.2, 0.25) is 0 Å². The van der Waals surface area contributed by atoms with E-state index in [1.165, 1.54) is 30.5 Å². The van der Waals surface area contributed by atoms with Gasteiger partial charge >= 0.3 is 5.97 Å². The lowest BCUT2D eigenvalue weighted by atomic mass is 10.1. The number of carboxylic acid groups (broad SMARTS) is 1. The molecule has 1 amide bonds. The maximum Gasteiger partial charge on any atom is 0.323 e. The van der Waals surface area contributed by atoms with Gasteiger partial charge in [-0.15, -0.1) is 11.3 Å². The molecule has 0 aliphatic heterocycles. The summed E-state index contributed by atoms with van der Waals surface area (Å²) >= 11 is 1.32. The van der Waals surface area contributed by atoms with Crippen LogP contribution >= 0.6 is 11.3 Å². The van der Waals surface area contributed by atoms with Gasteiger partial charge in [-0.1, -0.05) is 6.07 Å². The molecule has 0 saturated carbocycles. The molecule has 0 aliphatic rings. The second kappa shape index (κ2) is 9.72. The molecule has 1 N–H and O–H groups in total. The first kappa shape index (κ1) is 20.4. The van der Waals surface area contributed by atoms with Crippen LogP contribution in [0.3, 0.4) is 0 Å². The van der Waals surface area contributed by atoms with Gasteiger partial charge in [0.1, 0.15) is 18.0 Å². The van der Waals surface area contributed by atoms with Crippen LogP contribution in [-0.4, -0.2) is 48.4 Å². The highest BCUT2D eigenvalue weighted by Crippen LogP contribution is 2.24. The zero-order chi connectivity index (χ0) is 19.8. The third kappa shape index (κ3) is 6.10. The lowest BCUT2D eigenvalue weighted by Crippen LogP contribution is -2.35. The molecule has 0 aliphatic carbocycles. The van der Waals surface area contributed by atoms with Crippen LogP contribution in [0, 0.1) is 0 Å². The van der Waals surface area contributed by atoms with Gasteiger partial charge in [0.05, 0.1) is 19.1 Å². The average molecular weight is 391 g/mol. The van der Waals surface area contributed by atoms with E-state index in [1.807, 2.05) is 0 Å². The number of nitrogens with zero attached hydrogens (tertiary/aromatic N) is 1. The van der Waals surface area contributed by atoms with Crippen molar-refractivity contribution in [3.63, 3.8) is 0 Å². The molecular formula is C19H21NO6S. The topological polar surface area (TPSA) is 93.1 Å². The van der Waals surface area contributed by atoms with Gasteiger partial charge in [-0.25, -0.2) is 0 Å². The van der Waals surface area contributed by atoms with E-state index in [1.54, 1.807) is 35.7 Å². The van der Waals surface area contributed by atoms with Crippen molar-refractivity contribution >= 4 is 29.0 Å². The molecule has 0 radical (unpaired) electrons. The number of ether oxygens (including phenoxy) is 2. The molecule has 1 heterocycles. The number of rotatable bonds is 10. The molecule has 144 valence electrons. The number of hydrogen-bond donors (Lipinski definition) is 1. The smallest absolute Gasteiger partial charge is 0.323 e. The Morgan fingerprint density at radius 2 is 1.74 bits per heavy atom. The van der Waals surface area contributed by atoms with Crippen LogP contribution in [0.25, 0.3) is 0 Å². The van der Waals surface area contributed by atoms with E-state index in [4.69, 9.17) is 14.6 Å². The number of thiophene rings is 1. The third-order valence-corrected chi connectivity index (χ3v) is 4.74. The quantitative estimate of drug-likeness (QED) is 0.626. The van der Waals surface area contributed by atoms with Crippen LogP contribution in [0.5, 0.6) is 11.5 Å². The third-order valence-electron chi connectivity index (χ3n) is 3.83. The summed E-state index contributed by atoms with van der Waals surface area (Å²) in [5, 5.41) is 10.9. The first-order chi connectivity index (χ1) is 12.9. The molecule has 8 heteroatoms. The molecule has 0 fully saturated rings. The predicted octanol–water partition coefficient (Wildman–Crippen LogP) is 2.84. The van der Waals surface area contributed by atoms with Crippen molar-refractivity contribution in [3.05, 3.63) is 46.2 Å². The SMILES string of the molecule is COc1cc(CN(CC(=O)O)C(=O)CCC(=O)c2cccs2)cc(OC)c1. The van der Waals surface area contributed by atoms with Crippen LogP contribution in [0.4, 0.5) is 0 Å². The fourth-order valence-electron chi connectivity index (χ4n) is 2.51. The van der Waals surface area contributed by atoms with E-state index in [-0.39, 0.29) is 25.2 Å². The van der Waals surface area contributed by atoms with Crippen molar-refractivity contribution in [2.75, 3.05) is 20.8 Å². The largest absolute Gasteiger partial charge is 0.497 e. The second-order valence-electron chi connectivity index (χ2n) is 5.76. The Balaban J connectivity index is 2.08. The van der Waals surface area contributed by atoms with Gasteiger partial charge in [-0.2, -0.15) is 0 Å². The van der Waals surface area contributed by atoms with E-state index in [0.717, 1.165) is 0 Å². The summed E-state index contributed by atoms with van der Waals surface area (Å²) < 4.78 is 10.4. The normalized spacial score (nSPS) is 10.3. The standard InChI is InChI=1S/C19H21NO6S/c1-25-14-8-13(9-15(10-14)26-2)11-20(12-19(23)24)18(22)6-5-16(21)17-4-3-7-27-17/h3-4,7-10H,5-6,11-12H2,1-2H3,(H,23,24). The lowest BCUT2D eigenvalue weighted by molar-refractivity contribution is -0.144. The highest BCUT2D eigenvalue weighted by Gasteiger charge is 2.19. The van der Waals surface area contributed by atoms with Crippen LogP contribution < -0.4 is 9.47 Å². The maximum absolute atomic E-state index is 12.5. The highest BCUT2D eigenvalue weighted by molar-refractivity contribution is 7.12. The number of aliphatic carboxylic acids is 1.